The minimum absolute atomic E-state index is 0.195. The molecule has 0 spiro atoms. The second-order valence-corrected chi connectivity index (χ2v) is 7.55. The van der Waals surface area contributed by atoms with E-state index in [-0.39, 0.29) is 19.1 Å². The van der Waals surface area contributed by atoms with E-state index in [0.717, 1.165) is 33.1 Å². The zero-order valence-corrected chi connectivity index (χ0v) is 15.7. The molecular weight excluding hydrogens is 352 g/mol. The Hall–Kier alpha value is -2.54. The van der Waals surface area contributed by atoms with Crippen molar-refractivity contribution in [3.63, 3.8) is 0 Å². The molecular formula is C19H20N2O4S. The number of fused-ring (bicyclic) bond motifs is 1. The Balaban J connectivity index is 1.80. The third-order valence-corrected chi connectivity index (χ3v) is 4.86. The zero-order chi connectivity index (χ0) is 18.8. The van der Waals surface area contributed by atoms with Crippen molar-refractivity contribution < 1.29 is 19.1 Å². The van der Waals surface area contributed by atoms with E-state index in [0.29, 0.717) is 4.91 Å². The first-order valence-electron chi connectivity index (χ1n) is 8.32. The molecule has 1 saturated heterocycles. The van der Waals surface area contributed by atoms with Gasteiger partial charge in [0.05, 0.1) is 11.5 Å². The summed E-state index contributed by atoms with van der Waals surface area (Å²) in [5.74, 6) is -0.845. The Labute approximate surface area is 155 Å². The number of thioether (sulfide) groups is 1. The molecule has 0 aliphatic carbocycles. The van der Waals surface area contributed by atoms with Gasteiger partial charge in [-0.2, -0.15) is 0 Å². The molecule has 0 bridgehead atoms. The number of aromatic nitrogens is 1. The summed E-state index contributed by atoms with van der Waals surface area (Å²) in [5.41, 5.74) is 1.89. The highest BCUT2D eigenvalue weighted by Crippen LogP contribution is 2.33. The monoisotopic (exact) mass is 372 g/mol. The lowest BCUT2D eigenvalue weighted by Crippen LogP contribution is -2.34. The molecule has 1 aliphatic heterocycles. The highest BCUT2D eigenvalue weighted by atomic mass is 32.2. The fourth-order valence-corrected chi connectivity index (χ4v) is 3.53. The number of hydrogen-bond acceptors (Lipinski definition) is 5. The van der Waals surface area contributed by atoms with Gasteiger partial charge in [-0.25, -0.2) is 0 Å². The summed E-state index contributed by atoms with van der Waals surface area (Å²) >= 11 is 0.842. The van der Waals surface area contributed by atoms with E-state index in [1.54, 1.807) is 6.08 Å². The van der Waals surface area contributed by atoms with Gasteiger partial charge in [0, 0.05) is 29.7 Å². The Morgan fingerprint density at radius 2 is 2.00 bits per heavy atom. The molecule has 2 aromatic rings. The quantitative estimate of drug-likeness (QED) is 0.594. The summed E-state index contributed by atoms with van der Waals surface area (Å²) in [6.07, 6.45) is 3.61. The molecule has 1 aromatic carbocycles. The highest BCUT2D eigenvalue weighted by molar-refractivity contribution is 8.18. The summed E-state index contributed by atoms with van der Waals surface area (Å²) in [5, 5.41) is 0.543. The smallest absolute Gasteiger partial charge is 0.326 e. The topological polar surface area (TPSA) is 68.6 Å². The predicted octanol–water partition coefficient (Wildman–Crippen LogP) is 3.41. The van der Waals surface area contributed by atoms with E-state index in [9.17, 15) is 14.4 Å². The lowest BCUT2D eigenvalue weighted by atomic mass is 10.1. The largest absolute Gasteiger partial charge is 0.464 e. The minimum atomic E-state index is -0.576. The van der Waals surface area contributed by atoms with Crippen LogP contribution in [-0.2, 0) is 21.4 Å². The molecule has 1 fully saturated rings. The summed E-state index contributed by atoms with van der Waals surface area (Å²) < 4.78 is 7.03. The van der Waals surface area contributed by atoms with Gasteiger partial charge in [0.1, 0.15) is 6.54 Å². The van der Waals surface area contributed by atoms with E-state index in [4.69, 9.17) is 4.74 Å². The van der Waals surface area contributed by atoms with Gasteiger partial charge >= 0.3 is 5.97 Å². The molecule has 0 saturated carbocycles. The standard InChI is InChI=1S/C19H20N2O4S/c1-12(2)11-25-17(22)10-21-18(23)16(26-19(21)24)8-13-9-20(3)15-7-5-4-6-14(13)15/h4-9,12H,10-11H2,1-3H3/b16-8+. The number of esters is 1. The number of benzene rings is 1. The maximum Gasteiger partial charge on any atom is 0.326 e. The molecule has 2 amide bonds. The van der Waals surface area contributed by atoms with Crippen LogP contribution < -0.4 is 0 Å². The van der Waals surface area contributed by atoms with Gasteiger partial charge in [0.15, 0.2) is 0 Å². The number of aryl methyl sites for hydroxylation is 1. The minimum Gasteiger partial charge on any atom is -0.464 e. The van der Waals surface area contributed by atoms with Crippen molar-refractivity contribution in [2.75, 3.05) is 13.2 Å². The second-order valence-electron chi connectivity index (χ2n) is 6.56. The summed E-state index contributed by atoms with van der Waals surface area (Å²) in [6, 6.07) is 7.83. The third-order valence-electron chi connectivity index (χ3n) is 3.95. The van der Waals surface area contributed by atoms with Crippen LogP contribution in [0.2, 0.25) is 0 Å². The van der Waals surface area contributed by atoms with Crippen molar-refractivity contribution in [3.05, 3.63) is 40.9 Å². The molecule has 0 unspecified atom stereocenters. The number of ether oxygens (including phenoxy) is 1. The van der Waals surface area contributed by atoms with Crippen molar-refractivity contribution in [3.8, 4) is 0 Å². The Morgan fingerprint density at radius 1 is 1.27 bits per heavy atom. The number of carbonyl (C=O) groups excluding carboxylic acids is 3. The van der Waals surface area contributed by atoms with Crippen molar-refractivity contribution in [2.24, 2.45) is 13.0 Å². The molecule has 0 N–H and O–H groups in total. The lowest BCUT2D eigenvalue weighted by Gasteiger charge is -2.12. The van der Waals surface area contributed by atoms with E-state index in [1.165, 1.54) is 0 Å². The van der Waals surface area contributed by atoms with E-state index in [2.05, 4.69) is 0 Å². The molecule has 6 nitrogen and oxygen atoms in total. The average Bonchev–Trinajstić information content (AvgIpc) is 3.05. The number of hydrogen-bond donors (Lipinski definition) is 0. The van der Waals surface area contributed by atoms with Gasteiger partial charge in [0.2, 0.25) is 0 Å². The van der Waals surface area contributed by atoms with Crippen LogP contribution >= 0.6 is 11.8 Å². The number of rotatable bonds is 5. The van der Waals surface area contributed by atoms with Crippen LogP contribution in [-0.4, -0.2) is 39.7 Å². The summed E-state index contributed by atoms with van der Waals surface area (Å²) in [7, 11) is 1.93. The first kappa shape index (κ1) is 18.3. The Morgan fingerprint density at radius 3 is 2.73 bits per heavy atom. The Bertz CT molecular complexity index is 913. The van der Waals surface area contributed by atoms with Crippen molar-refractivity contribution >= 4 is 45.9 Å². The molecule has 0 radical (unpaired) electrons. The van der Waals surface area contributed by atoms with Gasteiger partial charge in [0.25, 0.3) is 11.1 Å². The van der Waals surface area contributed by atoms with E-state index >= 15 is 0 Å². The van der Waals surface area contributed by atoms with E-state index in [1.807, 2.05) is 55.9 Å². The van der Waals surface area contributed by atoms with E-state index < -0.39 is 17.1 Å². The predicted molar refractivity (Wildman–Crippen MR) is 101 cm³/mol. The van der Waals surface area contributed by atoms with Gasteiger partial charge < -0.3 is 9.30 Å². The van der Waals surface area contributed by atoms with Crippen LogP contribution in [0, 0.1) is 5.92 Å². The fraction of sp³-hybridized carbons (Fsp3) is 0.316. The third kappa shape index (κ3) is 3.67. The number of amides is 2. The first-order valence-corrected chi connectivity index (χ1v) is 9.13. The van der Waals surface area contributed by atoms with Crippen LogP contribution in [0.15, 0.2) is 35.4 Å². The van der Waals surface area contributed by atoms with Crippen molar-refractivity contribution in [1.82, 2.24) is 9.47 Å². The summed E-state index contributed by atoms with van der Waals surface area (Å²) in [4.78, 5) is 37.8. The molecule has 1 aliphatic rings. The normalized spacial score (nSPS) is 16.3. The first-order chi connectivity index (χ1) is 12.4. The van der Waals surface area contributed by atoms with Gasteiger partial charge in [-0.3, -0.25) is 19.3 Å². The van der Waals surface area contributed by atoms with Gasteiger partial charge in [-0.15, -0.1) is 0 Å². The molecule has 3 rings (SSSR count). The van der Waals surface area contributed by atoms with Crippen LogP contribution in [0.25, 0.3) is 17.0 Å². The van der Waals surface area contributed by atoms with Gasteiger partial charge in [-0.05, 0) is 29.8 Å². The molecule has 136 valence electrons. The fourth-order valence-electron chi connectivity index (χ4n) is 2.70. The van der Waals surface area contributed by atoms with Gasteiger partial charge in [-0.1, -0.05) is 32.0 Å². The second kappa shape index (κ2) is 7.37. The molecule has 1 aromatic heterocycles. The van der Waals surface area contributed by atoms with Crippen LogP contribution in [0.4, 0.5) is 4.79 Å². The Kier molecular flexibility index (Phi) is 5.18. The molecule has 7 heteroatoms. The van der Waals surface area contributed by atoms with Crippen LogP contribution in [0.1, 0.15) is 19.4 Å². The maximum absolute atomic E-state index is 12.5. The number of nitrogens with zero attached hydrogens (tertiary/aromatic N) is 2. The summed E-state index contributed by atoms with van der Waals surface area (Å²) in [6.45, 7) is 3.74. The molecule has 2 heterocycles. The number of carbonyl (C=O) groups is 3. The van der Waals surface area contributed by atoms with Crippen LogP contribution in [0.3, 0.4) is 0 Å². The number of imide groups is 1. The van der Waals surface area contributed by atoms with Crippen molar-refractivity contribution in [1.29, 1.82) is 0 Å². The molecule has 26 heavy (non-hydrogen) atoms. The zero-order valence-electron chi connectivity index (χ0n) is 14.9. The van der Waals surface area contributed by atoms with Crippen molar-refractivity contribution in [2.45, 2.75) is 13.8 Å². The maximum atomic E-state index is 12.5. The number of para-hydroxylation sites is 1. The molecule has 0 atom stereocenters. The lowest BCUT2D eigenvalue weighted by molar-refractivity contribution is -0.147. The SMILES string of the molecule is CC(C)COC(=O)CN1C(=O)S/C(=C/c2cn(C)c3ccccc23)C1=O. The highest BCUT2D eigenvalue weighted by Gasteiger charge is 2.36. The van der Waals surface area contributed by atoms with Crippen LogP contribution in [0.5, 0.6) is 0 Å². The average molecular weight is 372 g/mol.